The summed E-state index contributed by atoms with van der Waals surface area (Å²) in [5.41, 5.74) is 2.99. The number of sulfonamides is 1. The maximum atomic E-state index is 13.2. The Morgan fingerprint density at radius 1 is 0.973 bits per heavy atom. The zero-order valence-corrected chi connectivity index (χ0v) is 22.6. The molecule has 1 aromatic heterocycles. The predicted octanol–water partition coefficient (Wildman–Crippen LogP) is 5.98. The first-order valence-electron chi connectivity index (χ1n) is 12.0. The number of thiazole rings is 1. The zero-order chi connectivity index (χ0) is 26.4. The van der Waals surface area contributed by atoms with Crippen LogP contribution in [-0.2, 0) is 16.6 Å². The zero-order valence-electron chi connectivity index (χ0n) is 21.0. The number of rotatable bonds is 10. The SMILES string of the molecule is CCOc1ccc(-c2nc(NC(=O)c3ccc(S(=O)(=O)N(CC)Cc4ccccc4)cc3)sc2C)cc1. The van der Waals surface area contributed by atoms with Crippen molar-refractivity contribution in [3.05, 3.63) is 94.9 Å². The number of carbonyl (C=O) groups is 1. The van der Waals surface area contributed by atoms with Crippen LogP contribution in [0.3, 0.4) is 0 Å². The molecule has 192 valence electrons. The lowest BCUT2D eigenvalue weighted by Crippen LogP contribution is -2.30. The molecule has 1 N–H and O–H groups in total. The van der Waals surface area contributed by atoms with E-state index < -0.39 is 10.0 Å². The van der Waals surface area contributed by atoms with Gasteiger partial charge < -0.3 is 4.74 Å². The van der Waals surface area contributed by atoms with Crippen LogP contribution in [-0.4, -0.2) is 36.8 Å². The van der Waals surface area contributed by atoms with Crippen LogP contribution >= 0.6 is 11.3 Å². The molecule has 0 saturated carbocycles. The molecule has 1 amide bonds. The highest BCUT2D eigenvalue weighted by atomic mass is 32.2. The van der Waals surface area contributed by atoms with Crippen molar-refractivity contribution in [2.45, 2.75) is 32.2 Å². The number of hydrogen-bond acceptors (Lipinski definition) is 6. The van der Waals surface area contributed by atoms with Crippen LogP contribution in [0.15, 0.2) is 83.8 Å². The molecular weight excluding hydrogens is 506 g/mol. The largest absolute Gasteiger partial charge is 0.494 e. The third-order valence-electron chi connectivity index (χ3n) is 5.76. The number of benzene rings is 3. The summed E-state index contributed by atoms with van der Waals surface area (Å²) in [4.78, 5) is 18.6. The Labute approximate surface area is 221 Å². The van der Waals surface area contributed by atoms with Gasteiger partial charge in [0.25, 0.3) is 5.91 Å². The molecule has 3 aromatic carbocycles. The van der Waals surface area contributed by atoms with Crippen molar-refractivity contribution >= 4 is 32.4 Å². The van der Waals surface area contributed by atoms with E-state index >= 15 is 0 Å². The summed E-state index contributed by atoms with van der Waals surface area (Å²) in [6.45, 7) is 6.91. The van der Waals surface area contributed by atoms with Crippen LogP contribution in [0.5, 0.6) is 5.75 Å². The summed E-state index contributed by atoms with van der Waals surface area (Å²) in [5, 5.41) is 3.30. The molecule has 0 aliphatic heterocycles. The molecule has 0 radical (unpaired) electrons. The topological polar surface area (TPSA) is 88.6 Å². The van der Waals surface area contributed by atoms with E-state index in [1.54, 1.807) is 6.92 Å². The van der Waals surface area contributed by atoms with Crippen LogP contribution < -0.4 is 10.1 Å². The molecule has 0 unspecified atom stereocenters. The third-order valence-corrected chi connectivity index (χ3v) is 8.59. The molecule has 0 aliphatic rings. The van der Waals surface area contributed by atoms with Gasteiger partial charge >= 0.3 is 0 Å². The summed E-state index contributed by atoms with van der Waals surface area (Å²) in [6.07, 6.45) is 0. The maximum absolute atomic E-state index is 13.2. The van der Waals surface area contributed by atoms with Gasteiger partial charge in [-0.25, -0.2) is 13.4 Å². The average Bonchev–Trinajstić information content (AvgIpc) is 3.28. The Morgan fingerprint density at radius 3 is 2.27 bits per heavy atom. The number of nitrogens with zero attached hydrogens (tertiary/aromatic N) is 2. The third kappa shape index (κ3) is 6.25. The molecule has 0 spiro atoms. The number of ether oxygens (including phenoxy) is 1. The molecule has 9 heteroatoms. The summed E-state index contributed by atoms with van der Waals surface area (Å²) in [6, 6.07) is 23.1. The summed E-state index contributed by atoms with van der Waals surface area (Å²) in [5.74, 6) is 0.438. The van der Waals surface area contributed by atoms with Gasteiger partial charge in [-0.2, -0.15) is 4.31 Å². The van der Waals surface area contributed by atoms with Crippen LogP contribution in [0, 0.1) is 6.92 Å². The van der Waals surface area contributed by atoms with Crippen molar-refractivity contribution in [1.29, 1.82) is 0 Å². The quantitative estimate of drug-likeness (QED) is 0.270. The minimum atomic E-state index is -3.71. The number of aromatic nitrogens is 1. The number of carbonyl (C=O) groups excluding carboxylic acids is 1. The van der Waals surface area contributed by atoms with E-state index in [4.69, 9.17) is 4.74 Å². The number of aryl methyl sites for hydroxylation is 1. The number of hydrogen-bond donors (Lipinski definition) is 1. The monoisotopic (exact) mass is 535 g/mol. The van der Waals surface area contributed by atoms with E-state index in [-0.39, 0.29) is 17.3 Å². The number of nitrogens with one attached hydrogen (secondary N) is 1. The van der Waals surface area contributed by atoms with Gasteiger partial charge in [-0.15, -0.1) is 11.3 Å². The van der Waals surface area contributed by atoms with Gasteiger partial charge in [0.1, 0.15) is 5.75 Å². The highest BCUT2D eigenvalue weighted by molar-refractivity contribution is 7.89. The Hall–Kier alpha value is -3.53. The van der Waals surface area contributed by atoms with E-state index in [1.165, 1.54) is 39.9 Å². The summed E-state index contributed by atoms with van der Waals surface area (Å²) < 4.78 is 33.3. The fourth-order valence-electron chi connectivity index (χ4n) is 3.84. The van der Waals surface area contributed by atoms with E-state index in [1.807, 2.05) is 68.4 Å². The molecule has 4 aromatic rings. The molecule has 0 aliphatic carbocycles. The van der Waals surface area contributed by atoms with Crippen molar-refractivity contribution in [3.8, 4) is 17.0 Å². The van der Waals surface area contributed by atoms with Crippen molar-refractivity contribution in [1.82, 2.24) is 9.29 Å². The van der Waals surface area contributed by atoms with Crippen molar-refractivity contribution in [2.24, 2.45) is 0 Å². The van der Waals surface area contributed by atoms with E-state index in [0.29, 0.717) is 23.8 Å². The number of amides is 1. The fourth-order valence-corrected chi connectivity index (χ4v) is 6.11. The minimum absolute atomic E-state index is 0.143. The van der Waals surface area contributed by atoms with E-state index in [0.717, 1.165) is 27.4 Å². The Kier molecular flexibility index (Phi) is 8.38. The molecule has 7 nitrogen and oxygen atoms in total. The van der Waals surface area contributed by atoms with E-state index in [9.17, 15) is 13.2 Å². The first-order chi connectivity index (χ1) is 17.8. The van der Waals surface area contributed by atoms with Crippen molar-refractivity contribution in [3.63, 3.8) is 0 Å². The smallest absolute Gasteiger partial charge is 0.257 e. The van der Waals surface area contributed by atoms with Gasteiger partial charge in [0.05, 0.1) is 17.2 Å². The molecule has 0 bridgehead atoms. The second-order valence-electron chi connectivity index (χ2n) is 8.28. The highest BCUT2D eigenvalue weighted by Gasteiger charge is 2.23. The molecule has 1 heterocycles. The Balaban J connectivity index is 1.46. The molecule has 4 rings (SSSR count). The standard InChI is InChI=1S/C28H29N3O4S2/c1-4-31(19-21-9-7-6-8-10-21)37(33,34)25-17-13-23(14-18-25)27(32)30-28-29-26(20(3)36-28)22-11-15-24(16-12-22)35-5-2/h6-18H,4-5,19H2,1-3H3,(H,29,30,32). The van der Waals surface area contributed by atoms with Crippen LogP contribution in [0.4, 0.5) is 5.13 Å². The van der Waals surface area contributed by atoms with Gasteiger partial charge in [0.15, 0.2) is 5.13 Å². The molecular formula is C28H29N3O4S2. The van der Waals surface area contributed by atoms with Crippen molar-refractivity contribution < 1.29 is 17.9 Å². The predicted molar refractivity (Wildman–Crippen MR) is 148 cm³/mol. The normalized spacial score (nSPS) is 11.5. The molecule has 0 fully saturated rings. The van der Waals surface area contributed by atoms with Gasteiger partial charge in [-0.3, -0.25) is 10.1 Å². The first-order valence-corrected chi connectivity index (χ1v) is 14.2. The average molecular weight is 536 g/mol. The minimum Gasteiger partial charge on any atom is -0.494 e. The van der Waals surface area contributed by atoms with Crippen molar-refractivity contribution in [2.75, 3.05) is 18.5 Å². The summed E-state index contributed by atoms with van der Waals surface area (Å²) in [7, 11) is -3.71. The molecule has 37 heavy (non-hydrogen) atoms. The maximum Gasteiger partial charge on any atom is 0.257 e. The molecule has 0 atom stereocenters. The fraction of sp³-hybridized carbons (Fsp3) is 0.214. The first kappa shape index (κ1) is 26.5. The lowest BCUT2D eigenvalue weighted by Gasteiger charge is -2.20. The van der Waals surface area contributed by atoms with E-state index in [2.05, 4.69) is 10.3 Å². The Morgan fingerprint density at radius 2 is 1.65 bits per heavy atom. The van der Waals surface area contributed by atoms with Gasteiger partial charge in [-0.05, 0) is 67.9 Å². The molecule has 0 saturated heterocycles. The van der Waals surface area contributed by atoms with Gasteiger partial charge in [0, 0.05) is 29.1 Å². The van der Waals surface area contributed by atoms with Crippen LogP contribution in [0.25, 0.3) is 11.3 Å². The van der Waals surface area contributed by atoms with Gasteiger partial charge in [0.2, 0.25) is 10.0 Å². The second kappa shape index (κ2) is 11.7. The highest BCUT2D eigenvalue weighted by Crippen LogP contribution is 2.31. The number of anilines is 1. The Bertz CT molecular complexity index is 1450. The lowest BCUT2D eigenvalue weighted by atomic mass is 10.1. The second-order valence-corrected chi connectivity index (χ2v) is 11.4. The van der Waals surface area contributed by atoms with Gasteiger partial charge in [-0.1, -0.05) is 37.3 Å². The lowest BCUT2D eigenvalue weighted by molar-refractivity contribution is 0.102. The van der Waals surface area contributed by atoms with Crippen LogP contribution in [0.1, 0.15) is 34.6 Å². The van der Waals surface area contributed by atoms with Crippen LogP contribution in [0.2, 0.25) is 0 Å². The summed E-state index contributed by atoms with van der Waals surface area (Å²) >= 11 is 1.38.